The average Bonchev–Trinajstić information content (AvgIpc) is 3.04. The molecule has 0 unspecified atom stereocenters. The highest BCUT2D eigenvalue weighted by Crippen LogP contribution is 2.40. The number of benzene rings is 2. The molecule has 3 nitrogen and oxygen atoms in total. The van der Waals surface area contributed by atoms with Crippen LogP contribution < -0.4 is 0 Å². The van der Waals surface area contributed by atoms with Gasteiger partial charge in [0.1, 0.15) is 12.3 Å². The van der Waals surface area contributed by atoms with Crippen LogP contribution in [0, 0.1) is 0 Å². The molecule has 3 aromatic rings. The zero-order valence-corrected chi connectivity index (χ0v) is 16.2. The number of hydrogen-bond acceptors (Lipinski definition) is 4. The molecule has 0 atom stereocenters. The molecule has 0 fully saturated rings. The van der Waals surface area contributed by atoms with Gasteiger partial charge in [-0.1, -0.05) is 59.6 Å². The van der Waals surface area contributed by atoms with Crippen molar-refractivity contribution in [2.24, 2.45) is 4.99 Å². The van der Waals surface area contributed by atoms with E-state index in [0.29, 0.717) is 31.8 Å². The lowest BCUT2D eigenvalue weighted by atomic mass is 10.1. The maximum absolute atomic E-state index is 12.2. The molecule has 0 radical (unpaired) electrons. The molecule has 0 spiro atoms. The number of carbonyl (C=O) groups is 1. The number of rotatable bonds is 5. The van der Waals surface area contributed by atoms with Crippen molar-refractivity contribution in [3.63, 3.8) is 0 Å². The SMILES string of the molecule is CC(=NCC(=O)c1ccccc1)c1csc(-c2ccc(Cl)c(Cl)c2)c1O. The summed E-state index contributed by atoms with van der Waals surface area (Å²) in [4.78, 5) is 17.2. The van der Waals surface area contributed by atoms with E-state index >= 15 is 0 Å². The van der Waals surface area contributed by atoms with Crippen LogP contribution in [0.15, 0.2) is 58.9 Å². The molecule has 0 bridgehead atoms. The van der Waals surface area contributed by atoms with Crippen LogP contribution in [0.25, 0.3) is 10.4 Å². The molecule has 132 valence electrons. The van der Waals surface area contributed by atoms with Gasteiger partial charge in [-0.3, -0.25) is 9.79 Å². The van der Waals surface area contributed by atoms with Gasteiger partial charge in [0.05, 0.1) is 14.9 Å². The van der Waals surface area contributed by atoms with Crippen molar-refractivity contribution in [2.45, 2.75) is 6.92 Å². The first-order valence-electron chi connectivity index (χ1n) is 7.83. The highest BCUT2D eigenvalue weighted by Gasteiger charge is 2.16. The molecular weight excluding hydrogens is 389 g/mol. The van der Waals surface area contributed by atoms with Crippen LogP contribution in [0.5, 0.6) is 5.75 Å². The fraction of sp³-hybridized carbons (Fsp3) is 0.100. The Morgan fingerprint density at radius 2 is 1.85 bits per heavy atom. The van der Waals surface area contributed by atoms with Gasteiger partial charge in [0.2, 0.25) is 0 Å². The van der Waals surface area contributed by atoms with Gasteiger partial charge in [0, 0.05) is 22.2 Å². The van der Waals surface area contributed by atoms with E-state index in [1.807, 2.05) is 23.6 Å². The third kappa shape index (κ3) is 3.98. The summed E-state index contributed by atoms with van der Waals surface area (Å²) >= 11 is 13.4. The number of halogens is 2. The van der Waals surface area contributed by atoms with E-state index in [1.54, 1.807) is 37.3 Å². The predicted molar refractivity (Wildman–Crippen MR) is 109 cm³/mol. The highest BCUT2D eigenvalue weighted by atomic mass is 35.5. The fourth-order valence-corrected chi connectivity index (χ4v) is 3.74. The molecule has 0 aliphatic rings. The van der Waals surface area contributed by atoms with Crippen molar-refractivity contribution >= 4 is 46.0 Å². The molecule has 0 saturated carbocycles. The Kier molecular flexibility index (Phi) is 5.77. The van der Waals surface area contributed by atoms with E-state index in [-0.39, 0.29) is 18.1 Å². The summed E-state index contributed by atoms with van der Waals surface area (Å²) in [6.07, 6.45) is 0. The van der Waals surface area contributed by atoms with Crippen molar-refractivity contribution in [2.75, 3.05) is 6.54 Å². The first kappa shape index (κ1) is 18.6. The van der Waals surface area contributed by atoms with E-state index in [2.05, 4.69) is 4.99 Å². The number of carbonyl (C=O) groups excluding carboxylic acids is 1. The number of Topliss-reactive ketones (excluding diaryl/α,β-unsaturated/α-hetero) is 1. The summed E-state index contributed by atoms with van der Waals surface area (Å²) in [5.41, 5.74) is 2.61. The summed E-state index contributed by atoms with van der Waals surface area (Å²) in [7, 11) is 0. The van der Waals surface area contributed by atoms with Gasteiger partial charge in [0.25, 0.3) is 0 Å². The third-order valence-corrected chi connectivity index (χ3v) is 5.65. The Bertz CT molecular complexity index is 981. The molecule has 2 aromatic carbocycles. The molecule has 0 aliphatic carbocycles. The van der Waals surface area contributed by atoms with E-state index in [1.165, 1.54) is 11.3 Å². The first-order chi connectivity index (χ1) is 12.5. The molecule has 1 heterocycles. The maximum Gasteiger partial charge on any atom is 0.184 e. The van der Waals surface area contributed by atoms with Crippen molar-refractivity contribution in [1.82, 2.24) is 0 Å². The molecule has 1 N–H and O–H groups in total. The number of aromatic hydroxyl groups is 1. The lowest BCUT2D eigenvalue weighted by Gasteiger charge is -2.04. The van der Waals surface area contributed by atoms with Crippen LogP contribution in [0.3, 0.4) is 0 Å². The van der Waals surface area contributed by atoms with E-state index in [9.17, 15) is 9.90 Å². The topological polar surface area (TPSA) is 49.7 Å². The highest BCUT2D eigenvalue weighted by molar-refractivity contribution is 7.14. The Morgan fingerprint density at radius 3 is 2.54 bits per heavy atom. The Labute approximate surface area is 165 Å². The van der Waals surface area contributed by atoms with Gasteiger partial charge in [-0.2, -0.15) is 0 Å². The second-order valence-corrected chi connectivity index (χ2v) is 7.34. The molecule has 0 amide bonds. The molecular formula is C20H15Cl2NO2S. The maximum atomic E-state index is 12.2. The monoisotopic (exact) mass is 403 g/mol. The number of aliphatic imine (C=N–C) groups is 1. The summed E-state index contributed by atoms with van der Waals surface area (Å²) in [6, 6.07) is 14.2. The summed E-state index contributed by atoms with van der Waals surface area (Å²) in [5, 5.41) is 13.3. The Morgan fingerprint density at radius 1 is 1.12 bits per heavy atom. The summed E-state index contributed by atoms with van der Waals surface area (Å²) in [6.45, 7) is 1.81. The minimum Gasteiger partial charge on any atom is -0.506 e. The van der Waals surface area contributed by atoms with Crippen molar-refractivity contribution < 1.29 is 9.90 Å². The van der Waals surface area contributed by atoms with Crippen LogP contribution in [-0.4, -0.2) is 23.1 Å². The number of nitrogens with zero attached hydrogens (tertiary/aromatic N) is 1. The molecule has 26 heavy (non-hydrogen) atoms. The molecule has 0 saturated heterocycles. The van der Waals surface area contributed by atoms with Crippen LogP contribution in [0.1, 0.15) is 22.8 Å². The van der Waals surface area contributed by atoms with Crippen LogP contribution >= 0.6 is 34.5 Å². The van der Waals surface area contributed by atoms with Gasteiger partial charge in [-0.05, 0) is 24.6 Å². The van der Waals surface area contributed by atoms with Crippen LogP contribution in [0.2, 0.25) is 10.0 Å². The lowest BCUT2D eigenvalue weighted by molar-refractivity contribution is 0.100. The number of ketones is 1. The van der Waals surface area contributed by atoms with Gasteiger partial charge in [-0.25, -0.2) is 0 Å². The quantitative estimate of drug-likeness (QED) is 0.411. The lowest BCUT2D eigenvalue weighted by Crippen LogP contribution is -2.05. The van der Waals surface area contributed by atoms with E-state index in [0.717, 1.165) is 5.56 Å². The molecule has 0 aliphatic heterocycles. The third-order valence-electron chi connectivity index (χ3n) is 3.89. The minimum atomic E-state index is -0.0654. The van der Waals surface area contributed by atoms with Gasteiger partial charge < -0.3 is 5.11 Å². The fourth-order valence-electron chi connectivity index (χ4n) is 2.44. The van der Waals surface area contributed by atoms with Crippen molar-refractivity contribution in [3.05, 3.63) is 75.1 Å². The first-order valence-corrected chi connectivity index (χ1v) is 9.46. The number of hydrogen-bond donors (Lipinski definition) is 1. The van der Waals surface area contributed by atoms with Crippen LogP contribution in [0.4, 0.5) is 0 Å². The molecule has 1 aromatic heterocycles. The number of thiophene rings is 1. The largest absolute Gasteiger partial charge is 0.506 e. The molecule has 6 heteroatoms. The van der Waals surface area contributed by atoms with Crippen LogP contribution in [-0.2, 0) is 0 Å². The van der Waals surface area contributed by atoms with Gasteiger partial charge >= 0.3 is 0 Å². The average molecular weight is 404 g/mol. The minimum absolute atomic E-state index is 0.0350. The Balaban J connectivity index is 1.82. The smallest absolute Gasteiger partial charge is 0.184 e. The van der Waals surface area contributed by atoms with E-state index < -0.39 is 0 Å². The normalized spacial score (nSPS) is 11.6. The predicted octanol–water partition coefficient (Wildman–Crippen LogP) is 6.12. The van der Waals surface area contributed by atoms with E-state index in [4.69, 9.17) is 23.2 Å². The zero-order valence-electron chi connectivity index (χ0n) is 13.9. The zero-order chi connectivity index (χ0) is 18.7. The second kappa shape index (κ2) is 8.04. The Hall–Kier alpha value is -2.14. The summed E-state index contributed by atoms with van der Waals surface area (Å²) in [5.74, 6) is 0.0613. The molecule has 3 rings (SSSR count). The summed E-state index contributed by atoms with van der Waals surface area (Å²) < 4.78 is 0. The second-order valence-electron chi connectivity index (χ2n) is 5.65. The van der Waals surface area contributed by atoms with Gasteiger partial charge in [0.15, 0.2) is 5.78 Å². The standard InChI is InChI=1S/C20H15Cl2NO2S/c1-12(23-10-18(24)13-5-3-2-4-6-13)15-11-26-20(19(15)25)14-7-8-16(21)17(22)9-14/h2-9,11,25H,10H2,1H3. The van der Waals surface area contributed by atoms with Crippen molar-refractivity contribution in [3.8, 4) is 16.2 Å². The van der Waals surface area contributed by atoms with Crippen molar-refractivity contribution in [1.29, 1.82) is 0 Å². The van der Waals surface area contributed by atoms with Gasteiger partial charge in [-0.15, -0.1) is 11.3 Å².